The summed E-state index contributed by atoms with van der Waals surface area (Å²) in [5, 5.41) is 3.12. The smallest absolute Gasteiger partial charge is 0.242 e. The first kappa shape index (κ1) is 13.6. The number of carbonyl (C=O) groups excluding carboxylic acids is 1. The second kappa shape index (κ2) is 4.40. The summed E-state index contributed by atoms with van der Waals surface area (Å²) in [7, 11) is 0. The number of nitrogens with one attached hydrogen (secondary N) is 1. The van der Waals surface area contributed by atoms with Crippen LogP contribution in [-0.2, 0) is 10.2 Å². The average molecular weight is 234 g/mol. The van der Waals surface area contributed by atoms with Crippen molar-refractivity contribution in [3.05, 3.63) is 29.8 Å². The molecule has 0 aromatic heterocycles. The molecule has 3 N–H and O–H groups in total. The Kier molecular flexibility index (Phi) is 3.51. The molecule has 94 valence electrons. The van der Waals surface area contributed by atoms with E-state index in [9.17, 15) is 4.79 Å². The van der Waals surface area contributed by atoms with Gasteiger partial charge in [0.1, 0.15) is 5.54 Å². The van der Waals surface area contributed by atoms with Gasteiger partial charge >= 0.3 is 0 Å². The van der Waals surface area contributed by atoms with Crippen LogP contribution in [-0.4, -0.2) is 11.4 Å². The SMILES string of the molecule is CC(C)(Nc1ccc(C(C)(C)C)cc1)C(N)=O. The number of anilines is 1. The lowest BCUT2D eigenvalue weighted by atomic mass is 9.87. The molecule has 0 aliphatic rings. The van der Waals surface area contributed by atoms with E-state index in [1.807, 2.05) is 12.1 Å². The molecule has 0 saturated carbocycles. The molecule has 0 atom stereocenters. The third kappa shape index (κ3) is 3.48. The lowest BCUT2D eigenvalue weighted by Crippen LogP contribution is -2.45. The molecule has 0 heterocycles. The van der Waals surface area contributed by atoms with Crippen LogP contribution >= 0.6 is 0 Å². The van der Waals surface area contributed by atoms with Crippen molar-refractivity contribution < 1.29 is 4.79 Å². The first-order valence-electron chi connectivity index (χ1n) is 5.81. The highest BCUT2D eigenvalue weighted by Gasteiger charge is 2.24. The minimum Gasteiger partial charge on any atom is -0.372 e. The van der Waals surface area contributed by atoms with E-state index in [-0.39, 0.29) is 11.3 Å². The van der Waals surface area contributed by atoms with Gasteiger partial charge in [-0.3, -0.25) is 4.79 Å². The van der Waals surface area contributed by atoms with Gasteiger partial charge in [0, 0.05) is 5.69 Å². The molecule has 0 spiro atoms. The van der Waals surface area contributed by atoms with E-state index in [2.05, 4.69) is 38.2 Å². The molecule has 0 bridgehead atoms. The maximum Gasteiger partial charge on any atom is 0.242 e. The first-order valence-corrected chi connectivity index (χ1v) is 5.81. The van der Waals surface area contributed by atoms with Gasteiger partial charge in [-0.25, -0.2) is 0 Å². The summed E-state index contributed by atoms with van der Waals surface area (Å²) in [6.45, 7) is 10.0. The normalized spacial score (nSPS) is 12.3. The number of benzene rings is 1. The molecule has 0 radical (unpaired) electrons. The van der Waals surface area contributed by atoms with Crippen molar-refractivity contribution in [2.24, 2.45) is 5.73 Å². The molecule has 3 nitrogen and oxygen atoms in total. The fraction of sp³-hybridized carbons (Fsp3) is 0.500. The number of hydrogen-bond acceptors (Lipinski definition) is 2. The molecule has 0 saturated heterocycles. The van der Waals surface area contributed by atoms with E-state index >= 15 is 0 Å². The molecule has 1 aromatic carbocycles. The van der Waals surface area contributed by atoms with Crippen LogP contribution in [0.2, 0.25) is 0 Å². The quantitative estimate of drug-likeness (QED) is 0.844. The third-order valence-electron chi connectivity index (χ3n) is 2.82. The van der Waals surface area contributed by atoms with Crippen molar-refractivity contribution in [2.75, 3.05) is 5.32 Å². The topological polar surface area (TPSA) is 55.1 Å². The molecular formula is C14H22N2O. The first-order chi connectivity index (χ1) is 7.63. The molecule has 3 heteroatoms. The van der Waals surface area contributed by atoms with E-state index in [0.717, 1.165) is 5.69 Å². The molecule has 1 amide bonds. The zero-order valence-electron chi connectivity index (χ0n) is 11.3. The largest absolute Gasteiger partial charge is 0.372 e. The predicted molar refractivity (Wildman–Crippen MR) is 72.0 cm³/mol. The summed E-state index contributed by atoms with van der Waals surface area (Å²) in [5.74, 6) is -0.364. The highest BCUT2D eigenvalue weighted by molar-refractivity contribution is 5.86. The number of carbonyl (C=O) groups is 1. The van der Waals surface area contributed by atoms with Crippen LogP contribution in [0.5, 0.6) is 0 Å². The maximum atomic E-state index is 11.2. The molecule has 1 aromatic rings. The summed E-state index contributed by atoms with van der Waals surface area (Å²) in [5.41, 5.74) is 6.89. The van der Waals surface area contributed by atoms with Crippen LogP contribution in [0.1, 0.15) is 40.2 Å². The van der Waals surface area contributed by atoms with E-state index < -0.39 is 5.54 Å². The van der Waals surface area contributed by atoms with E-state index in [0.29, 0.717) is 0 Å². The maximum absolute atomic E-state index is 11.2. The van der Waals surface area contributed by atoms with Crippen molar-refractivity contribution in [3.63, 3.8) is 0 Å². The van der Waals surface area contributed by atoms with Crippen LogP contribution in [0.3, 0.4) is 0 Å². The van der Waals surface area contributed by atoms with Gasteiger partial charge in [-0.15, -0.1) is 0 Å². The fourth-order valence-electron chi connectivity index (χ4n) is 1.48. The highest BCUT2D eigenvalue weighted by Crippen LogP contribution is 2.24. The van der Waals surface area contributed by atoms with E-state index in [1.165, 1.54) is 5.56 Å². The molecule has 0 aliphatic heterocycles. The van der Waals surface area contributed by atoms with Crippen molar-refractivity contribution in [1.82, 2.24) is 0 Å². The van der Waals surface area contributed by atoms with Crippen molar-refractivity contribution >= 4 is 11.6 Å². The predicted octanol–water partition coefficient (Wildman–Crippen LogP) is 2.66. The van der Waals surface area contributed by atoms with Gasteiger partial charge in [0.05, 0.1) is 0 Å². The van der Waals surface area contributed by atoms with Crippen molar-refractivity contribution in [2.45, 2.75) is 45.6 Å². The standard InChI is InChI=1S/C14H22N2O/c1-13(2,3)10-6-8-11(9-7-10)16-14(4,5)12(15)17/h6-9,16H,1-5H3,(H2,15,17). The van der Waals surface area contributed by atoms with Gasteiger partial charge < -0.3 is 11.1 Å². The summed E-state index contributed by atoms with van der Waals surface area (Å²) in [4.78, 5) is 11.2. The van der Waals surface area contributed by atoms with Crippen LogP contribution in [0.15, 0.2) is 24.3 Å². The Morgan fingerprint density at radius 2 is 1.53 bits per heavy atom. The summed E-state index contributed by atoms with van der Waals surface area (Å²) >= 11 is 0. The second-order valence-electron chi connectivity index (χ2n) is 5.94. The summed E-state index contributed by atoms with van der Waals surface area (Å²) in [6.07, 6.45) is 0. The van der Waals surface area contributed by atoms with Crippen molar-refractivity contribution in [3.8, 4) is 0 Å². The number of rotatable bonds is 3. The van der Waals surface area contributed by atoms with Crippen molar-refractivity contribution in [1.29, 1.82) is 0 Å². The van der Waals surface area contributed by atoms with Gasteiger partial charge in [0.15, 0.2) is 0 Å². The van der Waals surface area contributed by atoms with Crippen LogP contribution in [0, 0.1) is 0 Å². The highest BCUT2D eigenvalue weighted by atomic mass is 16.1. The van der Waals surface area contributed by atoms with Crippen LogP contribution in [0.25, 0.3) is 0 Å². The summed E-state index contributed by atoms with van der Waals surface area (Å²) < 4.78 is 0. The van der Waals surface area contributed by atoms with Crippen LogP contribution < -0.4 is 11.1 Å². The molecule has 1 rings (SSSR count). The number of amides is 1. The molecule has 0 aliphatic carbocycles. The molecule has 17 heavy (non-hydrogen) atoms. The minimum absolute atomic E-state index is 0.137. The Bertz CT molecular complexity index is 399. The Labute approximate surface area is 103 Å². The average Bonchev–Trinajstić information content (AvgIpc) is 2.16. The van der Waals surface area contributed by atoms with Gasteiger partial charge in [0.25, 0.3) is 0 Å². The van der Waals surface area contributed by atoms with Gasteiger partial charge in [0.2, 0.25) is 5.91 Å². The Hall–Kier alpha value is -1.51. The monoisotopic (exact) mass is 234 g/mol. The minimum atomic E-state index is -0.733. The molecular weight excluding hydrogens is 212 g/mol. The number of primary amides is 1. The lowest BCUT2D eigenvalue weighted by Gasteiger charge is -2.25. The summed E-state index contributed by atoms with van der Waals surface area (Å²) in [6, 6.07) is 8.09. The van der Waals surface area contributed by atoms with Gasteiger partial charge in [-0.1, -0.05) is 32.9 Å². The van der Waals surface area contributed by atoms with Gasteiger partial charge in [-0.05, 0) is 37.0 Å². The zero-order chi connectivity index (χ0) is 13.3. The van der Waals surface area contributed by atoms with E-state index in [4.69, 9.17) is 5.73 Å². The van der Waals surface area contributed by atoms with E-state index in [1.54, 1.807) is 13.8 Å². The fourth-order valence-corrected chi connectivity index (χ4v) is 1.48. The number of hydrogen-bond donors (Lipinski definition) is 2. The Morgan fingerprint density at radius 1 is 1.06 bits per heavy atom. The number of nitrogens with two attached hydrogens (primary N) is 1. The third-order valence-corrected chi connectivity index (χ3v) is 2.82. The van der Waals surface area contributed by atoms with Crippen LogP contribution in [0.4, 0.5) is 5.69 Å². The zero-order valence-corrected chi connectivity index (χ0v) is 11.3. The second-order valence-corrected chi connectivity index (χ2v) is 5.94. The Morgan fingerprint density at radius 3 is 1.88 bits per heavy atom. The molecule has 0 unspecified atom stereocenters. The lowest BCUT2D eigenvalue weighted by molar-refractivity contribution is -0.121. The molecule has 0 fully saturated rings. The Balaban J connectivity index is 2.86. The van der Waals surface area contributed by atoms with Gasteiger partial charge in [-0.2, -0.15) is 0 Å².